The predicted molar refractivity (Wildman–Crippen MR) is 119 cm³/mol. The fourth-order valence-electron chi connectivity index (χ4n) is 3.25. The predicted octanol–water partition coefficient (Wildman–Crippen LogP) is 5.47. The van der Waals surface area contributed by atoms with Crippen molar-refractivity contribution in [3.8, 4) is 17.1 Å². The molecule has 5 rings (SSSR count). The highest BCUT2D eigenvalue weighted by molar-refractivity contribution is 7.98. The average Bonchev–Trinajstić information content (AvgIpc) is 3.28. The first-order valence-corrected chi connectivity index (χ1v) is 10.6. The van der Waals surface area contributed by atoms with Crippen molar-refractivity contribution in [3.05, 3.63) is 107 Å². The number of para-hydroxylation sites is 1. The number of nitrogens with zero attached hydrogens (tertiary/aromatic N) is 3. The van der Waals surface area contributed by atoms with E-state index in [9.17, 15) is 9.18 Å². The largest absolute Gasteiger partial charge is 0.440 e. The molecule has 0 saturated carbocycles. The van der Waals surface area contributed by atoms with Gasteiger partial charge in [0.2, 0.25) is 5.89 Å². The van der Waals surface area contributed by atoms with Crippen molar-refractivity contribution in [1.82, 2.24) is 14.5 Å². The van der Waals surface area contributed by atoms with Gasteiger partial charge in [-0.15, -0.1) is 0 Å². The molecule has 0 unspecified atom stereocenters. The summed E-state index contributed by atoms with van der Waals surface area (Å²) < 4.78 is 20.8. The molecule has 0 bridgehead atoms. The Balaban J connectivity index is 1.52. The summed E-state index contributed by atoms with van der Waals surface area (Å²) in [6, 6.07) is 22.6. The molecule has 0 radical (unpaired) electrons. The van der Waals surface area contributed by atoms with Crippen molar-refractivity contribution in [1.29, 1.82) is 0 Å². The first kappa shape index (κ1) is 19.3. The average molecular weight is 429 g/mol. The SMILES string of the molecule is O=c1c2ccccc2nc(SCc2cnc(-c3ccccc3)o2)n1-c1ccc(F)cc1. The summed E-state index contributed by atoms with van der Waals surface area (Å²) in [4.78, 5) is 22.2. The summed E-state index contributed by atoms with van der Waals surface area (Å²) >= 11 is 1.36. The van der Waals surface area contributed by atoms with Crippen molar-refractivity contribution < 1.29 is 8.81 Å². The minimum atomic E-state index is -0.366. The molecule has 3 aromatic carbocycles. The van der Waals surface area contributed by atoms with Crippen molar-refractivity contribution in [2.45, 2.75) is 10.9 Å². The second-order valence-corrected chi connectivity index (χ2v) is 7.76. The van der Waals surface area contributed by atoms with E-state index in [4.69, 9.17) is 4.42 Å². The fourth-order valence-corrected chi connectivity index (χ4v) is 4.14. The Kier molecular flexibility index (Phi) is 5.09. The number of hydrogen-bond acceptors (Lipinski definition) is 5. The van der Waals surface area contributed by atoms with Crippen LogP contribution in [0.1, 0.15) is 5.76 Å². The maximum Gasteiger partial charge on any atom is 0.266 e. The zero-order valence-corrected chi connectivity index (χ0v) is 17.1. The molecule has 7 heteroatoms. The van der Waals surface area contributed by atoms with Gasteiger partial charge in [-0.3, -0.25) is 9.36 Å². The lowest BCUT2D eigenvalue weighted by molar-refractivity contribution is 0.538. The van der Waals surface area contributed by atoms with Crippen LogP contribution in [0.15, 0.2) is 99.4 Å². The molecule has 5 aromatic rings. The molecule has 0 spiro atoms. The maximum absolute atomic E-state index is 13.4. The van der Waals surface area contributed by atoms with Gasteiger partial charge in [-0.2, -0.15) is 0 Å². The lowest BCUT2D eigenvalue weighted by Gasteiger charge is -2.12. The molecule has 31 heavy (non-hydrogen) atoms. The molecule has 5 nitrogen and oxygen atoms in total. The molecule has 2 aromatic heterocycles. The van der Waals surface area contributed by atoms with Crippen molar-refractivity contribution in [3.63, 3.8) is 0 Å². The van der Waals surface area contributed by atoms with E-state index < -0.39 is 0 Å². The summed E-state index contributed by atoms with van der Waals surface area (Å²) in [6.07, 6.45) is 1.68. The van der Waals surface area contributed by atoms with E-state index in [-0.39, 0.29) is 11.4 Å². The monoisotopic (exact) mass is 429 g/mol. The van der Waals surface area contributed by atoms with Crippen LogP contribution in [0.2, 0.25) is 0 Å². The number of aromatic nitrogens is 3. The van der Waals surface area contributed by atoms with E-state index in [1.165, 1.54) is 28.5 Å². The maximum atomic E-state index is 13.4. The Morgan fingerprint density at radius 2 is 1.68 bits per heavy atom. The van der Waals surface area contributed by atoms with Gasteiger partial charge in [0.15, 0.2) is 5.16 Å². The number of rotatable bonds is 5. The third kappa shape index (κ3) is 3.87. The zero-order valence-electron chi connectivity index (χ0n) is 16.2. The van der Waals surface area contributed by atoms with Gasteiger partial charge >= 0.3 is 0 Å². The van der Waals surface area contributed by atoms with Crippen LogP contribution in [0.5, 0.6) is 0 Å². The molecule has 0 aliphatic rings. The summed E-state index contributed by atoms with van der Waals surface area (Å²) in [5, 5.41) is 0.996. The van der Waals surface area contributed by atoms with Gasteiger partial charge in [0.05, 0.1) is 28.5 Å². The van der Waals surface area contributed by atoms with E-state index in [0.29, 0.717) is 39.2 Å². The van der Waals surface area contributed by atoms with Gasteiger partial charge < -0.3 is 4.42 Å². The fraction of sp³-hybridized carbons (Fsp3) is 0.0417. The zero-order chi connectivity index (χ0) is 21.2. The van der Waals surface area contributed by atoms with E-state index >= 15 is 0 Å². The van der Waals surface area contributed by atoms with Gasteiger partial charge in [0.1, 0.15) is 11.6 Å². The van der Waals surface area contributed by atoms with Crippen LogP contribution in [0.25, 0.3) is 28.0 Å². The topological polar surface area (TPSA) is 60.9 Å². The molecule has 0 N–H and O–H groups in total. The Morgan fingerprint density at radius 1 is 0.935 bits per heavy atom. The number of benzene rings is 3. The summed E-state index contributed by atoms with van der Waals surface area (Å²) in [7, 11) is 0. The van der Waals surface area contributed by atoms with Crippen molar-refractivity contribution in [2.24, 2.45) is 0 Å². The molecule has 0 saturated heterocycles. The van der Waals surface area contributed by atoms with Crippen LogP contribution in [0.3, 0.4) is 0 Å². The smallest absolute Gasteiger partial charge is 0.266 e. The van der Waals surface area contributed by atoms with Gasteiger partial charge in [0, 0.05) is 5.56 Å². The van der Waals surface area contributed by atoms with Crippen LogP contribution in [0.4, 0.5) is 4.39 Å². The Labute approximate surface area is 181 Å². The lowest BCUT2D eigenvalue weighted by Crippen LogP contribution is -2.21. The highest BCUT2D eigenvalue weighted by atomic mass is 32.2. The third-order valence-corrected chi connectivity index (χ3v) is 5.71. The second-order valence-electron chi connectivity index (χ2n) is 6.81. The summed E-state index contributed by atoms with van der Waals surface area (Å²) in [6.45, 7) is 0. The Hall–Kier alpha value is -3.71. The molecular weight excluding hydrogens is 413 g/mol. The Bertz CT molecular complexity index is 1410. The van der Waals surface area contributed by atoms with E-state index in [1.807, 2.05) is 36.4 Å². The number of hydrogen-bond donors (Lipinski definition) is 0. The normalized spacial score (nSPS) is 11.1. The quantitative estimate of drug-likeness (QED) is 0.274. The van der Waals surface area contributed by atoms with Gasteiger partial charge in [-0.25, -0.2) is 14.4 Å². The van der Waals surface area contributed by atoms with Crippen molar-refractivity contribution in [2.75, 3.05) is 0 Å². The summed E-state index contributed by atoms with van der Waals surface area (Å²) in [5.41, 5.74) is 1.85. The van der Waals surface area contributed by atoms with Gasteiger partial charge in [0.25, 0.3) is 5.56 Å². The molecule has 0 amide bonds. The molecule has 0 aliphatic carbocycles. The number of fused-ring (bicyclic) bond motifs is 1. The van der Waals surface area contributed by atoms with E-state index in [0.717, 1.165) is 5.56 Å². The highest BCUT2D eigenvalue weighted by Crippen LogP contribution is 2.27. The molecule has 0 fully saturated rings. The lowest BCUT2D eigenvalue weighted by atomic mass is 10.2. The van der Waals surface area contributed by atoms with Crippen LogP contribution in [0, 0.1) is 5.82 Å². The van der Waals surface area contributed by atoms with Crippen LogP contribution in [-0.2, 0) is 5.75 Å². The first-order valence-electron chi connectivity index (χ1n) is 9.60. The molecule has 152 valence electrons. The van der Waals surface area contributed by atoms with Gasteiger partial charge in [-0.1, -0.05) is 42.1 Å². The van der Waals surface area contributed by atoms with E-state index in [1.54, 1.807) is 36.5 Å². The second kappa shape index (κ2) is 8.20. The number of halogens is 1. The highest BCUT2D eigenvalue weighted by Gasteiger charge is 2.15. The Morgan fingerprint density at radius 3 is 2.48 bits per heavy atom. The third-order valence-electron chi connectivity index (χ3n) is 4.75. The molecule has 0 aliphatic heterocycles. The standard InChI is InChI=1S/C24H16FN3O2S/c25-17-10-12-18(13-11-17)28-23(29)20-8-4-5-9-21(20)27-24(28)31-15-19-14-26-22(30-19)16-6-2-1-3-7-16/h1-14H,15H2. The van der Waals surface area contributed by atoms with Crippen molar-refractivity contribution >= 4 is 22.7 Å². The summed E-state index contributed by atoms with van der Waals surface area (Å²) in [5.74, 6) is 1.27. The minimum Gasteiger partial charge on any atom is -0.440 e. The minimum absolute atomic E-state index is 0.206. The molecule has 2 heterocycles. The number of thioether (sulfide) groups is 1. The van der Waals surface area contributed by atoms with E-state index in [2.05, 4.69) is 9.97 Å². The first-order chi connectivity index (χ1) is 15.2. The van der Waals surface area contributed by atoms with Crippen LogP contribution < -0.4 is 5.56 Å². The number of oxazole rings is 1. The molecule has 0 atom stereocenters. The molecular formula is C24H16FN3O2S. The van der Waals surface area contributed by atoms with Crippen LogP contribution in [-0.4, -0.2) is 14.5 Å². The van der Waals surface area contributed by atoms with Gasteiger partial charge in [-0.05, 0) is 48.5 Å². The van der Waals surface area contributed by atoms with Crippen LogP contribution >= 0.6 is 11.8 Å².